The molecule has 10 heavy (non-hydrogen) atoms. The minimum atomic E-state index is -1.84. The number of rotatable bonds is 3. The monoisotopic (exact) mass is 180 g/mol. The molecule has 0 fully saturated rings. The average Bonchev–Trinajstić information content (AvgIpc) is 1.60. The molecule has 0 bridgehead atoms. The predicted octanol–water partition coefficient (Wildman–Crippen LogP) is 3.13. The van der Waals surface area contributed by atoms with Crippen LogP contribution in [0.5, 0.6) is 0 Å². The summed E-state index contributed by atoms with van der Waals surface area (Å²) in [4.78, 5) is 0. The van der Waals surface area contributed by atoms with Crippen molar-refractivity contribution in [2.24, 2.45) is 0 Å². The molecule has 62 valence electrons. The molecule has 0 aliphatic carbocycles. The highest BCUT2D eigenvalue weighted by atomic mass is 35.6. The second-order valence-electron chi connectivity index (χ2n) is 3.58. The summed E-state index contributed by atoms with van der Waals surface area (Å²) < 4.78 is 5.68. The molecule has 0 saturated heterocycles. The van der Waals surface area contributed by atoms with Crippen LogP contribution in [-0.2, 0) is 4.43 Å². The van der Waals surface area contributed by atoms with E-state index < -0.39 is 7.63 Å². The summed E-state index contributed by atoms with van der Waals surface area (Å²) in [5.74, 6) is 0. The van der Waals surface area contributed by atoms with Gasteiger partial charge in [0.15, 0.2) is 0 Å². The molecule has 0 aromatic rings. The van der Waals surface area contributed by atoms with Crippen LogP contribution in [-0.4, -0.2) is 13.2 Å². The summed E-state index contributed by atoms with van der Waals surface area (Å²) in [6.45, 7) is 10.2. The highest BCUT2D eigenvalue weighted by Gasteiger charge is 2.27. The molecule has 0 saturated carbocycles. The zero-order valence-electron chi connectivity index (χ0n) is 7.49. The lowest BCUT2D eigenvalue weighted by Gasteiger charge is -2.30. The number of hydrogen-bond acceptors (Lipinski definition) is 1. The first-order valence-corrected chi connectivity index (χ1v) is 7.58. The van der Waals surface area contributed by atoms with Crippen LogP contribution in [0.2, 0.25) is 13.1 Å². The predicted molar refractivity (Wildman–Crippen MR) is 48.8 cm³/mol. The quantitative estimate of drug-likeness (QED) is 0.479. The third kappa shape index (κ3) is 5.27. The van der Waals surface area contributed by atoms with Gasteiger partial charge < -0.3 is 4.43 Å². The van der Waals surface area contributed by atoms with E-state index >= 15 is 0 Å². The molecule has 0 amide bonds. The van der Waals surface area contributed by atoms with E-state index in [4.69, 9.17) is 15.5 Å². The number of halogens is 1. The van der Waals surface area contributed by atoms with Crippen molar-refractivity contribution < 1.29 is 4.43 Å². The minimum absolute atomic E-state index is 0.0442. The van der Waals surface area contributed by atoms with Crippen LogP contribution < -0.4 is 0 Å². The molecule has 0 aliphatic rings. The van der Waals surface area contributed by atoms with E-state index in [0.717, 1.165) is 6.42 Å². The fourth-order valence-electron chi connectivity index (χ4n) is 0.729. The fraction of sp³-hybridized carbons (Fsp3) is 1.00. The summed E-state index contributed by atoms with van der Waals surface area (Å²) in [6.07, 6.45) is 1.01. The van der Waals surface area contributed by atoms with E-state index in [9.17, 15) is 0 Å². The van der Waals surface area contributed by atoms with Crippen LogP contribution in [0.4, 0.5) is 0 Å². The van der Waals surface area contributed by atoms with E-state index in [1.54, 1.807) is 0 Å². The smallest absolute Gasteiger partial charge is 0.284 e. The molecule has 0 unspecified atom stereocenters. The molecule has 1 nitrogen and oxygen atoms in total. The fourth-order valence-corrected chi connectivity index (χ4v) is 2.81. The molecule has 0 aromatic carbocycles. The molecule has 0 radical (unpaired) electrons. The zero-order chi connectivity index (χ0) is 8.41. The lowest BCUT2D eigenvalue weighted by atomic mass is 10.1. The molecule has 0 aromatic heterocycles. The Balaban J connectivity index is 3.89. The Hall–Kier alpha value is 0.467. The molecule has 0 atom stereocenters. The van der Waals surface area contributed by atoms with Crippen molar-refractivity contribution in [1.29, 1.82) is 0 Å². The normalized spacial score (nSPS) is 13.8. The van der Waals surface area contributed by atoms with Crippen molar-refractivity contribution in [2.75, 3.05) is 0 Å². The Kier molecular flexibility index (Phi) is 3.39. The summed E-state index contributed by atoms with van der Waals surface area (Å²) in [5, 5.41) is 0. The van der Waals surface area contributed by atoms with Gasteiger partial charge >= 0.3 is 0 Å². The van der Waals surface area contributed by atoms with Crippen molar-refractivity contribution >= 4 is 18.7 Å². The van der Waals surface area contributed by atoms with Crippen LogP contribution in [0.15, 0.2) is 0 Å². The van der Waals surface area contributed by atoms with E-state index in [-0.39, 0.29) is 5.60 Å². The molecular formula is C7H17ClOSi. The van der Waals surface area contributed by atoms with Crippen LogP contribution in [0.3, 0.4) is 0 Å². The SMILES string of the molecule is CCC(C)(C)O[Si](C)(C)Cl. The number of hydrogen-bond donors (Lipinski definition) is 0. The standard InChI is InChI=1S/C7H17ClOSi/c1-6-7(2,3)9-10(4,5)8/h6H2,1-5H3. The van der Waals surface area contributed by atoms with Crippen molar-refractivity contribution in [3.63, 3.8) is 0 Å². The van der Waals surface area contributed by atoms with Gasteiger partial charge in [-0.05, 0) is 33.4 Å². The summed E-state index contributed by atoms with van der Waals surface area (Å²) in [6, 6.07) is 0. The topological polar surface area (TPSA) is 9.23 Å². The van der Waals surface area contributed by atoms with Gasteiger partial charge in [0.25, 0.3) is 7.63 Å². The van der Waals surface area contributed by atoms with Crippen LogP contribution in [0.25, 0.3) is 0 Å². The molecule has 0 spiro atoms. The van der Waals surface area contributed by atoms with Crippen LogP contribution in [0, 0.1) is 0 Å². The minimum Gasteiger partial charge on any atom is -0.398 e. The molecule has 0 rings (SSSR count). The summed E-state index contributed by atoms with van der Waals surface area (Å²) in [7, 11) is -1.84. The van der Waals surface area contributed by atoms with Gasteiger partial charge in [-0.3, -0.25) is 0 Å². The van der Waals surface area contributed by atoms with Gasteiger partial charge in [0.2, 0.25) is 0 Å². The van der Waals surface area contributed by atoms with Crippen LogP contribution >= 0.6 is 11.1 Å². The summed E-state index contributed by atoms with van der Waals surface area (Å²) in [5.41, 5.74) is -0.0442. The van der Waals surface area contributed by atoms with E-state index in [0.29, 0.717) is 0 Å². The van der Waals surface area contributed by atoms with Gasteiger partial charge in [0.05, 0.1) is 5.60 Å². The van der Waals surface area contributed by atoms with Crippen molar-refractivity contribution in [1.82, 2.24) is 0 Å². The Bertz CT molecular complexity index is 107. The highest BCUT2D eigenvalue weighted by Crippen LogP contribution is 2.22. The maximum absolute atomic E-state index is 6.01. The molecule has 0 aliphatic heterocycles. The van der Waals surface area contributed by atoms with E-state index in [2.05, 4.69) is 20.8 Å². The first-order valence-electron chi connectivity index (χ1n) is 3.66. The molecule has 3 heteroatoms. The van der Waals surface area contributed by atoms with Gasteiger partial charge in [0.1, 0.15) is 0 Å². The lowest BCUT2D eigenvalue weighted by molar-refractivity contribution is 0.102. The van der Waals surface area contributed by atoms with Gasteiger partial charge in [-0.2, -0.15) is 0 Å². The lowest BCUT2D eigenvalue weighted by Crippen LogP contribution is -2.36. The molecule has 0 heterocycles. The zero-order valence-corrected chi connectivity index (χ0v) is 9.25. The first kappa shape index (κ1) is 10.5. The Morgan fingerprint density at radius 3 is 1.90 bits per heavy atom. The van der Waals surface area contributed by atoms with Crippen molar-refractivity contribution in [3.8, 4) is 0 Å². The maximum Gasteiger partial charge on any atom is 0.284 e. The third-order valence-corrected chi connectivity index (χ3v) is 2.64. The van der Waals surface area contributed by atoms with E-state index in [1.165, 1.54) is 0 Å². The second-order valence-corrected chi connectivity index (χ2v) is 9.24. The Morgan fingerprint density at radius 1 is 1.40 bits per heavy atom. The van der Waals surface area contributed by atoms with E-state index in [1.807, 2.05) is 13.1 Å². The Morgan fingerprint density at radius 2 is 1.80 bits per heavy atom. The highest BCUT2D eigenvalue weighted by molar-refractivity contribution is 7.15. The molecular weight excluding hydrogens is 164 g/mol. The van der Waals surface area contributed by atoms with Gasteiger partial charge in [-0.1, -0.05) is 6.92 Å². The van der Waals surface area contributed by atoms with Crippen LogP contribution in [0.1, 0.15) is 27.2 Å². The van der Waals surface area contributed by atoms with Crippen molar-refractivity contribution in [2.45, 2.75) is 45.9 Å². The second kappa shape index (κ2) is 3.24. The largest absolute Gasteiger partial charge is 0.398 e. The van der Waals surface area contributed by atoms with Gasteiger partial charge in [-0.15, -0.1) is 11.1 Å². The summed E-state index contributed by atoms with van der Waals surface area (Å²) >= 11 is 6.01. The third-order valence-electron chi connectivity index (χ3n) is 1.37. The van der Waals surface area contributed by atoms with Gasteiger partial charge in [0, 0.05) is 0 Å². The Labute approximate surface area is 69.6 Å². The maximum atomic E-state index is 6.01. The van der Waals surface area contributed by atoms with Crippen molar-refractivity contribution in [3.05, 3.63) is 0 Å². The van der Waals surface area contributed by atoms with Gasteiger partial charge in [-0.25, -0.2) is 0 Å². The molecule has 0 N–H and O–H groups in total. The first-order chi connectivity index (χ1) is 4.27. The average molecular weight is 181 g/mol.